The monoisotopic (exact) mass is 445 g/mol. The van der Waals surface area contributed by atoms with E-state index in [2.05, 4.69) is 14.9 Å². The van der Waals surface area contributed by atoms with Gasteiger partial charge in [-0.1, -0.05) is 67.1 Å². The van der Waals surface area contributed by atoms with Crippen LogP contribution in [0, 0.1) is 0 Å². The number of likely N-dealkylation sites (tertiary alicyclic amines) is 1. The predicted octanol–water partition coefficient (Wildman–Crippen LogP) is 3.92. The maximum absolute atomic E-state index is 13.4. The molecular weight excluding hydrogens is 414 g/mol. The van der Waals surface area contributed by atoms with Gasteiger partial charge in [0.15, 0.2) is 0 Å². The van der Waals surface area contributed by atoms with E-state index in [-0.39, 0.29) is 12.5 Å². The molecule has 1 saturated heterocycles. The normalized spacial score (nSPS) is 15.7. The molecule has 1 atom stereocenters. The molecule has 1 N–H and O–H groups in total. The van der Waals surface area contributed by atoms with Crippen LogP contribution >= 0.6 is 0 Å². The van der Waals surface area contributed by atoms with Crippen LogP contribution in [0.15, 0.2) is 79.1 Å². The number of carbonyl (C=O) groups excluding carboxylic acids is 1. The van der Waals surface area contributed by atoms with Gasteiger partial charge in [0.05, 0.1) is 5.92 Å². The number of aliphatic hydroxyl groups is 1. The third-order valence-electron chi connectivity index (χ3n) is 6.29. The summed E-state index contributed by atoms with van der Waals surface area (Å²) in [5.74, 6) is -0.183. The highest BCUT2D eigenvalue weighted by Gasteiger charge is 2.42. The molecule has 0 radical (unpaired) electrons. The van der Waals surface area contributed by atoms with Crippen LogP contribution in [0.4, 0.5) is 0 Å². The molecule has 0 unspecified atom stereocenters. The summed E-state index contributed by atoms with van der Waals surface area (Å²) in [5.41, 5.74) is -0.943. The highest BCUT2D eigenvalue weighted by atomic mass is 16.5. The molecule has 2 heterocycles. The van der Waals surface area contributed by atoms with Gasteiger partial charge >= 0.3 is 5.97 Å². The van der Waals surface area contributed by atoms with E-state index in [9.17, 15) is 9.90 Å². The molecular formula is C27H31N3O3. The van der Waals surface area contributed by atoms with Crippen LogP contribution in [0.3, 0.4) is 0 Å². The summed E-state index contributed by atoms with van der Waals surface area (Å²) >= 11 is 0. The fraction of sp³-hybridized carbons (Fsp3) is 0.370. The number of aromatic nitrogens is 2. The largest absolute Gasteiger partial charge is 0.462 e. The Morgan fingerprint density at radius 1 is 0.909 bits per heavy atom. The summed E-state index contributed by atoms with van der Waals surface area (Å²) in [6.07, 6.45) is 7.94. The lowest BCUT2D eigenvalue weighted by Gasteiger charge is -2.29. The molecule has 0 bridgehead atoms. The average Bonchev–Trinajstić information content (AvgIpc) is 2.90. The second-order valence-corrected chi connectivity index (χ2v) is 8.54. The van der Waals surface area contributed by atoms with Crippen LogP contribution in [-0.4, -0.2) is 52.2 Å². The molecule has 0 amide bonds. The zero-order valence-corrected chi connectivity index (χ0v) is 18.8. The standard InChI is InChI=1S/C27H31N3O3/c31-26(27(32,23-11-4-1-5-12-23)24-13-6-2-7-14-24)33-21-22(25-28-16-10-17-29-25)15-20-30-18-8-3-9-19-30/h1-2,4-7,10-14,16-17,22,32H,3,8-9,15,18-21H2/t22-/m0/s1. The molecule has 0 spiro atoms. The van der Waals surface area contributed by atoms with Gasteiger partial charge in [-0.05, 0) is 56.1 Å². The minimum absolute atomic E-state index is 0.110. The second kappa shape index (κ2) is 11.2. The van der Waals surface area contributed by atoms with Crippen molar-refractivity contribution in [2.24, 2.45) is 0 Å². The van der Waals surface area contributed by atoms with Gasteiger partial charge in [0.1, 0.15) is 12.4 Å². The number of hydrogen-bond donors (Lipinski definition) is 1. The smallest absolute Gasteiger partial charge is 0.347 e. The van der Waals surface area contributed by atoms with Crippen molar-refractivity contribution in [1.29, 1.82) is 0 Å². The molecule has 6 heteroatoms. The van der Waals surface area contributed by atoms with Crippen molar-refractivity contribution in [3.63, 3.8) is 0 Å². The number of esters is 1. The number of rotatable bonds is 9. The first-order valence-electron chi connectivity index (χ1n) is 11.7. The van der Waals surface area contributed by atoms with Crippen molar-refractivity contribution < 1.29 is 14.6 Å². The highest BCUT2D eigenvalue weighted by molar-refractivity contribution is 5.85. The van der Waals surface area contributed by atoms with Gasteiger partial charge in [0, 0.05) is 12.4 Å². The van der Waals surface area contributed by atoms with E-state index in [1.165, 1.54) is 19.3 Å². The summed E-state index contributed by atoms with van der Waals surface area (Å²) in [6, 6.07) is 19.6. The fourth-order valence-corrected chi connectivity index (χ4v) is 4.37. The Labute approximate surface area is 195 Å². The Kier molecular flexibility index (Phi) is 7.81. The van der Waals surface area contributed by atoms with Gasteiger partial charge in [0.2, 0.25) is 5.60 Å². The Morgan fingerprint density at radius 3 is 2.06 bits per heavy atom. The third-order valence-corrected chi connectivity index (χ3v) is 6.29. The molecule has 1 aliphatic heterocycles. The third kappa shape index (κ3) is 5.64. The molecule has 0 saturated carbocycles. The number of benzene rings is 2. The van der Waals surface area contributed by atoms with Gasteiger partial charge in [-0.15, -0.1) is 0 Å². The minimum Gasteiger partial charge on any atom is -0.462 e. The van der Waals surface area contributed by atoms with Crippen LogP contribution in [0.1, 0.15) is 48.6 Å². The molecule has 3 aromatic rings. The van der Waals surface area contributed by atoms with E-state index in [4.69, 9.17) is 4.74 Å². The van der Waals surface area contributed by atoms with E-state index in [1.807, 2.05) is 12.1 Å². The van der Waals surface area contributed by atoms with E-state index >= 15 is 0 Å². The SMILES string of the molecule is O=C(OC[C@H](CCN1CCCCC1)c1ncccn1)C(O)(c1ccccc1)c1ccccc1. The van der Waals surface area contributed by atoms with Crippen molar-refractivity contribution in [2.75, 3.05) is 26.2 Å². The topological polar surface area (TPSA) is 75.5 Å². The van der Waals surface area contributed by atoms with Gasteiger partial charge in [-0.3, -0.25) is 0 Å². The summed E-state index contributed by atoms with van der Waals surface area (Å²) in [7, 11) is 0. The summed E-state index contributed by atoms with van der Waals surface area (Å²) in [6.45, 7) is 3.22. The summed E-state index contributed by atoms with van der Waals surface area (Å²) in [4.78, 5) is 24.7. The zero-order chi connectivity index (χ0) is 22.9. The minimum atomic E-state index is -1.89. The van der Waals surface area contributed by atoms with Gasteiger partial charge in [-0.2, -0.15) is 0 Å². The van der Waals surface area contributed by atoms with E-state index in [0.717, 1.165) is 26.1 Å². The Morgan fingerprint density at radius 2 is 1.48 bits per heavy atom. The maximum atomic E-state index is 13.4. The molecule has 4 rings (SSSR count). The van der Waals surface area contributed by atoms with Crippen LogP contribution in [-0.2, 0) is 15.1 Å². The second-order valence-electron chi connectivity index (χ2n) is 8.54. The van der Waals surface area contributed by atoms with Crippen LogP contribution in [0.5, 0.6) is 0 Å². The highest BCUT2D eigenvalue weighted by Crippen LogP contribution is 2.31. The first kappa shape index (κ1) is 23.1. The maximum Gasteiger partial charge on any atom is 0.347 e. The van der Waals surface area contributed by atoms with Crippen molar-refractivity contribution in [1.82, 2.24) is 14.9 Å². The molecule has 33 heavy (non-hydrogen) atoms. The van der Waals surface area contributed by atoms with Crippen LogP contribution < -0.4 is 0 Å². The van der Waals surface area contributed by atoms with Crippen molar-refractivity contribution in [3.8, 4) is 0 Å². The molecule has 0 aliphatic carbocycles. The Hall–Kier alpha value is -3.09. The average molecular weight is 446 g/mol. The lowest BCUT2D eigenvalue weighted by Crippen LogP contribution is -2.39. The van der Waals surface area contributed by atoms with Crippen LogP contribution in [0.25, 0.3) is 0 Å². The predicted molar refractivity (Wildman–Crippen MR) is 127 cm³/mol. The van der Waals surface area contributed by atoms with Crippen LogP contribution in [0.2, 0.25) is 0 Å². The van der Waals surface area contributed by atoms with Crippen molar-refractivity contribution in [3.05, 3.63) is 96.1 Å². The molecule has 1 fully saturated rings. The van der Waals surface area contributed by atoms with E-state index in [0.29, 0.717) is 17.0 Å². The molecule has 1 aromatic heterocycles. The Bertz CT molecular complexity index is 953. The molecule has 2 aromatic carbocycles. The Balaban J connectivity index is 1.52. The summed E-state index contributed by atoms with van der Waals surface area (Å²) in [5, 5.41) is 11.6. The quantitative estimate of drug-likeness (QED) is 0.503. The fourth-order valence-electron chi connectivity index (χ4n) is 4.37. The van der Waals surface area contributed by atoms with Gasteiger partial charge < -0.3 is 14.7 Å². The van der Waals surface area contributed by atoms with Gasteiger partial charge in [-0.25, -0.2) is 14.8 Å². The molecule has 6 nitrogen and oxygen atoms in total. The lowest BCUT2D eigenvalue weighted by atomic mass is 9.86. The number of hydrogen-bond acceptors (Lipinski definition) is 6. The molecule has 172 valence electrons. The van der Waals surface area contributed by atoms with Crippen molar-refractivity contribution >= 4 is 5.97 Å². The first-order chi connectivity index (χ1) is 16.2. The van der Waals surface area contributed by atoms with E-state index < -0.39 is 11.6 Å². The van der Waals surface area contributed by atoms with Crippen molar-refractivity contribution in [2.45, 2.75) is 37.2 Å². The van der Waals surface area contributed by atoms with E-state index in [1.54, 1.807) is 67.0 Å². The lowest BCUT2D eigenvalue weighted by molar-refractivity contribution is -0.163. The number of ether oxygens (including phenoxy) is 1. The number of piperidine rings is 1. The zero-order valence-electron chi connectivity index (χ0n) is 18.8. The first-order valence-corrected chi connectivity index (χ1v) is 11.7. The summed E-state index contributed by atoms with van der Waals surface area (Å²) < 4.78 is 5.79. The molecule has 1 aliphatic rings. The number of carbonyl (C=O) groups is 1. The van der Waals surface area contributed by atoms with Gasteiger partial charge in [0.25, 0.3) is 0 Å². The number of nitrogens with zero attached hydrogens (tertiary/aromatic N) is 3.